The molecule has 0 fully saturated rings. The third-order valence-electron chi connectivity index (χ3n) is 4.12. The molecule has 1 aromatic carbocycles. The maximum absolute atomic E-state index is 11.7. The fraction of sp³-hybridized carbons (Fsp3) is 0.300. The van der Waals surface area contributed by atoms with Crippen LogP contribution in [0.5, 0.6) is 5.75 Å². The average molecular weight is 386 g/mol. The van der Waals surface area contributed by atoms with Crippen molar-refractivity contribution in [2.75, 3.05) is 21.3 Å². The van der Waals surface area contributed by atoms with Crippen LogP contribution in [-0.2, 0) is 17.8 Å². The van der Waals surface area contributed by atoms with E-state index in [0.717, 1.165) is 27.8 Å². The number of carbonyl (C=O) groups is 1. The van der Waals surface area contributed by atoms with Gasteiger partial charge in [0.25, 0.3) is 0 Å². The van der Waals surface area contributed by atoms with E-state index in [2.05, 4.69) is 10.3 Å². The Hall–Kier alpha value is -2.64. The highest BCUT2D eigenvalue weighted by atomic mass is 32.1. The zero-order chi connectivity index (χ0) is 19.4. The number of nitrogens with zero attached hydrogens (tertiary/aromatic N) is 2. The Labute approximate surface area is 162 Å². The van der Waals surface area contributed by atoms with Crippen molar-refractivity contribution < 1.29 is 18.7 Å². The number of thiazole rings is 1. The number of aromatic nitrogens is 1. The summed E-state index contributed by atoms with van der Waals surface area (Å²) in [6, 6.07) is 9.61. The molecule has 2 heterocycles. The van der Waals surface area contributed by atoms with Crippen molar-refractivity contribution in [1.82, 2.24) is 9.88 Å². The fourth-order valence-electron chi connectivity index (χ4n) is 2.78. The number of rotatable bonds is 7. The normalized spacial score (nSPS) is 11.0. The van der Waals surface area contributed by atoms with Crippen molar-refractivity contribution in [3.63, 3.8) is 0 Å². The lowest BCUT2D eigenvalue weighted by atomic mass is 10.2. The van der Waals surface area contributed by atoms with E-state index in [0.29, 0.717) is 24.4 Å². The molecule has 3 aromatic rings. The average Bonchev–Trinajstić information content (AvgIpc) is 3.27. The van der Waals surface area contributed by atoms with E-state index in [1.54, 1.807) is 31.4 Å². The molecule has 0 aliphatic heterocycles. The van der Waals surface area contributed by atoms with E-state index in [4.69, 9.17) is 18.9 Å². The van der Waals surface area contributed by atoms with Crippen LogP contribution >= 0.6 is 11.3 Å². The van der Waals surface area contributed by atoms with Crippen molar-refractivity contribution in [1.29, 1.82) is 0 Å². The number of ether oxygens (including phenoxy) is 2. The molecule has 0 bridgehead atoms. The van der Waals surface area contributed by atoms with Gasteiger partial charge in [0.1, 0.15) is 27.8 Å². The molecule has 0 amide bonds. The molecule has 0 aliphatic carbocycles. The number of methoxy groups -OCH3 is 2. The second kappa shape index (κ2) is 8.37. The van der Waals surface area contributed by atoms with Gasteiger partial charge >= 0.3 is 5.97 Å². The summed E-state index contributed by atoms with van der Waals surface area (Å²) in [6.45, 7) is 3.02. The van der Waals surface area contributed by atoms with Crippen LogP contribution in [0.25, 0.3) is 10.6 Å². The van der Waals surface area contributed by atoms with Crippen LogP contribution in [0.3, 0.4) is 0 Å². The van der Waals surface area contributed by atoms with Crippen LogP contribution < -0.4 is 4.74 Å². The summed E-state index contributed by atoms with van der Waals surface area (Å²) in [5, 5.41) is 3.03. The molecule has 142 valence electrons. The Kier molecular flexibility index (Phi) is 5.93. The first-order valence-corrected chi connectivity index (χ1v) is 9.33. The first kappa shape index (κ1) is 19.1. The van der Waals surface area contributed by atoms with Gasteiger partial charge in [-0.3, -0.25) is 4.90 Å². The van der Waals surface area contributed by atoms with Crippen molar-refractivity contribution in [2.45, 2.75) is 20.0 Å². The molecule has 0 saturated heterocycles. The van der Waals surface area contributed by atoms with Crippen molar-refractivity contribution in [3.05, 3.63) is 58.5 Å². The lowest BCUT2D eigenvalue weighted by Crippen LogP contribution is -2.17. The lowest BCUT2D eigenvalue weighted by Gasteiger charge is -2.13. The largest absolute Gasteiger partial charge is 0.497 e. The van der Waals surface area contributed by atoms with E-state index in [1.165, 1.54) is 7.11 Å². The SMILES string of the molecule is COC(=O)c1cc(CN(C)Cc2csc(-c3ccc(OC)cc3)n2)oc1C. The zero-order valence-electron chi connectivity index (χ0n) is 15.8. The van der Waals surface area contributed by atoms with Crippen molar-refractivity contribution in [3.8, 4) is 16.3 Å². The molecular weight excluding hydrogens is 364 g/mol. The molecule has 0 unspecified atom stereocenters. The standard InChI is InChI=1S/C20H22N2O4S/c1-13-18(20(23)25-4)9-17(26-13)11-22(2)10-15-12-27-19(21-15)14-5-7-16(24-3)8-6-14/h5-9,12H,10-11H2,1-4H3. The van der Waals surface area contributed by atoms with Crippen molar-refractivity contribution >= 4 is 17.3 Å². The van der Waals surface area contributed by atoms with Crippen LogP contribution in [0.15, 0.2) is 40.1 Å². The maximum atomic E-state index is 11.7. The third-order valence-corrected chi connectivity index (χ3v) is 5.06. The van der Waals surface area contributed by atoms with Crippen LogP contribution in [0.4, 0.5) is 0 Å². The Morgan fingerprint density at radius 2 is 1.96 bits per heavy atom. The van der Waals surface area contributed by atoms with Gasteiger partial charge in [-0.05, 0) is 44.3 Å². The summed E-state index contributed by atoms with van der Waals surface area (Å²) in [5.74, 6) is 1.74. The number of hydrogen-bond acceptors (Lipinski definition) is 7. The molecule has 27 heavy (non-hydrogen) atoms. The van der Waals surface area contributed by atoms with Gasteiger partial charge in [-0.15, -0.1) is 11.3 Å². The number of aryl methyl sites for hydroxylation is 1. The molecule has 6 nitrogen and oxygen atoms in total. The first-order valence-electron chi connectivity index (χ1n) is 8.45. The summed E-state index contributed by atoms with van der Waals surface area (Å²) in [7, 11) is 5.01. The minimum atomic E-state index is -0.381. The zero-order valence-corrected chi connectivity index (χ0v) is 16.6. The molecule has 0 atom stereocenters. The van der Waals surface area contributed by atoms with Gasteiger partial charge < -0.3 is 13.9 Å². The maximum Gasteiger partial charge on any atom is 0.341 e. The highest BCUT2D eigenvalue weighted by Crippen LogP contribution is 2.26. The minimum absolute atomic E-state index is 0.381. The van der Waals surface area contributed by atoms with Crippen LogP contribution in [-0.4, -0.2) is 37.1 Å². The van der Waals surface area contributed by atoms with Crippen LogP contribution in [0.2, 0.25) is 0 Å². The van der Waals surface area contributed by atoms with Gasteiger partial charge in [0.05, 0.1) is 26.5 Å². The van der Waals surface area contributed by atoms with Crippen LogP contribution in [0.1, 0.15) is 27.6 Å². The Balaban J connectivity index is 1.64. The number of benzene rings is 1. The van der Waals surface area contributed by atoms with Crippen LogP contribution in [0, 0.1) is 6.92 Å². The molecular formula is C20H22N2O4S. The van der Waals surface area contributed by atoms with Gasteiger partial charge in [-0.25, -0.2) is 9.78 Å². The van der Waals surface area contributed by atoms with E-state index in [1.807, 2.05) is 31.3 Å². The topological polar surface area (TPSA) is 64.8 Å². The molecule has 0 saturated carbocycles. The summed E-state index contributed by atoms with van der Waals surface area (Å²) in [6.07, 6.45) is 0. The van der Waals surface area contributed by atoms with E-state index in [-0.39, 0.29) is 5.97 Å². The Morgan fingerprint density at radius 3 is 2.63 bits per heavy atom. The lowest BCUT2D eigenvalue weighted by molar-refractivity contribution is 0.0599. The van der Waals surface area contributed by atoms with E-state index >= 15 is 0 Å². The minimum Gasteiger partial charge on any atom is -0.497 e. The fourth-order valence-corrected chi connectivity index (χ4v) is 3.60. The second-order valence-electron chi connectivity index (χ2n) is 6.22. The monoisotopic (exact) mass is 386 g/mol. The Morgan fingerprint density at radius 1 is 1.22 bits per heavy atom. The quantitative estimate of drug-likeness (QED) is 0.569. The van der Waals surface area contributed by atoms with Gasteiger partial charge in [-0.2, -0.15) is 0 Å². The molecule has 2 aromatic heterocycles. The molecule has 0 aliphatic rings. The smallest absolute Gasteiger partial charge is 0.341 e. The van der Waals surface area contributed by atoms with E-state index in [9.17, 15) is 4.79 Å². The number of carbonyl (C=O) groups excluding carboxylic acids is 1. The van der Waals surface area contributed by atoms with Gasteiger partial charge in [0, 0.05) is 17.5 Å². The van der Waals surface area contributed by atoms with Crippen molar-refractivity contribution in [2.24, 2.45) is 0 Å². The summed E-state index contributed by atoms with van der Waals surface area (Å²) in [4.78, 5) is 18.5. The third kappa shape index (κ3) is 4.56. The molecule has 3 rings (SSSR count). The van der Waals surface area contributed by atoms with Gasteiger partial charge in [-0.1, -0.05) is 0 Å². The highest BCUT2D eigenvalue weighted by molar-refractivity contribution is 7.13. The molecule has 0 radical (unpaired) electrons. The first-order chi connectivity index (χ1) is 13.0. The summed E-state index contributed by atoms with van der Waals surface area (Å²) >= 11 is 1.61. The number of hydrogen-bond donors (Lipinski definition) is 0. The molecule has 0 spiro atoms. The van der Waals surface area contributed by atoms with Gasteiger partial charge in [0.2, 0.25) is 0 Å². The second-order valence-corrected chi connectivity index (χ2v) is 7.08. The summed E-state index contributed by atoms with van der Waals surface area (Å²) < 4.78 is 15.6. The number of furan rings is 1. The molecule has 0 N–H and O–H groups in total. The summed E-state index contributed by atoms with van der Waals surface area (Å²) in [5.41, 5.74) is 2.53. The van der Waals surface area contributed by atoms with E-state index < -0.39 is 0 Å². The Bertz CT molecular complexity index is 914. The predicted octanol–water partition coefficient (Wildman–Crippen LogP) is 4.14. The molecule has 7 heteroatoms. The predicted molar refractivity (Wildman–Crippen MR) is 104 cm³/mol. The highest BCUT2D eigenvalue weighted by Gasteiger charge is 2.16. The van der Waals surface area contributed by atoms with Gasteiger partial charge in [0.15, 0.2) is 0 Å². The number of esters is 1.